The fraction of sp³-hybridized carbons (Fsp3) is 0.500. The zero-order valence-corrected chi connectivity index (χ0v) is 21.2. The van der Waals surface area contributed by atoms with E-state index in [1.807, 2.05) is 6.92 Å². The first-order valence-electron chi connectivity index (χ1n) is 12.0. The van der Waals surface area contributed by atoms with Crippen LogP contribution in [0, 0.1) is 0 Å². The smallest absolute Gasteiger partial charge is 0.384 e. The summed E-state index contributed by atoms with van der Waals surface area (Å²) in [5, 5.41) is 0. The lowest BCUT2D eigenvalue weighted by molar-refractivity contribution is -0.413. The monoisotopic (exact) mass is 612 g/mol. The van der Waals surface area contributed by atoms with E-state index < -0.39 is 55.0 Å². The summed E-state index contributed by atoms with van der Waals surface area (Å²) < 4.78 is 169. The van der Waals surface area contributed by atoms with E-state index in [-0.39, 0.29) is 5.56 Å². The van der Waals surface area contributed by atoms with Crippen molar-refractivity contribution in [2.24, 2.45) is 0 Å². The maximum Gasteiger partial charge on any atom is 0.384 e. The maximum atomic E-state index is 13.8. The van der Waals surface area contributed by atoms with Crippen LogP contribution in [0.1, 0.15) is 43.0 Å². The number of benzene rings is 2. The molecule has 0 saturated heterocycles. The molecule has 0 radical (unpaired) electrons. The van der Waals surface area contributed by atoms with Crippen LogP contribution in [0.5, 0.6) is 5.75 Å². The van der Waals surface area contributed by atoms with Gasteiger partial charge in [-0.05, 0) is 41.8 Å². The second-order valence-corrected chi connectivity index (χ2v) is 8.89. The molecule has 0 aliphatic carbocycles. The zero-order chi connectivity index (χ0) is 31.3. The van der Waals surface area contributed by atoms with Crippen LogP contribution in [0.2, 0.25) is 0 Å². The highest BCUT2D eigenvalue weighted by molar-refractivity contribution is 5.90. The molecule has 0 unspecified atom stereocenters. The highest BCUT2D eigenvalue weighted by atomic mass is 19.4. The van der Waals surface area contributed by atoms with E-state index in [0.717, 1.165) is 31.4 Å². The van der Waals surface area contributed by atoms with Gasteiger partial charge in [0.15, 0.2) is 0 Å². The molecule has 0 amide bonds. The Balaban J connectivity index is 2.02. The number of carbonyl (C=O) groups excluding carboxylic acids is 1. The molecule has 2 aromatic rings. The Hall–Kier alpha value is -3.13. The number of hydrogen-bond acceptors (Lipinski definition) is 3. The SMILES string of the molecule is CCCCCOc1ccc(-c2ccc(C(=O)OCCC(F)(F)C(F)(F)C(F)(F)C(F)(F)C(F)(F)C(F)F)cc2)cc1. The highest BCUT2D eigenvalue weighted by Gasteiger charge is 2.87. The molecule has 0 bridgehead atoms. The van der Waals surface area contributed by atoms with Crippen LogP contribution in [0.25, 0.3) is 11.1 Å². The highest BCUT2D eigenvalue weighted by Crippen LogP contribution is 2.58. The van der Waals surface area contributed by atoms with E-state index in [1.54, 1.807) is 24.3 Å². The van der Waals surface area contributed by atoms with Crippen molar-refractivity contribution in [3.8, 4) is 16.9 Å². The van der Waals surface area contributed by atoms with Crippen molar-refractivity contribution in [2.45, 2.75) is 68.6 Å². The number of esters is 1. The molecule has 0 fully saturated rings. The van der Waals surface area contributed by atoms with E-state index in [2.05, 4.69) is 4.74 Å². The molecule has 0 aliphatic heterocycles. The van der Waals surface area contributed by atoms with Crippen molar-refractivity contribution in [1.29, 1.82) is 0 Å². The molecule has 2 rings (SSSR count). The second-order valence-electron chi connectivity index (χ2n) is 8.89. The molecule has 15 heteroatoms. The van der Waals surface area contributed by atoms with Gasteiger partial charge in [0.1, 0.15) is 5.75 Å². The molecule has 0 aromatic heterocycles. The molecule has 0 atom stereocenters. The van der Waals surface area contributed by atoms with Gasteiger partial charge in [0.2, 0.25) is 0 Å². The van der Waals surface area contributed by atoms with Crippen LogP contribution >= 0.6 is 0 Å². The summed E-state index contributed by atoms with van der Waals surface area (Å²) in [6.45, 7) is 0.848. The van der Waals surface area contributed by atoms with Crippen LogP contribution in [0.3, 0.4) is 0 Å². The summed E-state index contributed by atoms with van der Waals surface area (Å²) in [6.07, 6.45) is -5.17. The van der Waals surface area contributed by atoms with Crippen molar-refractivity contribution in [3.05, 3.63) is 54.1 Å². The number of unbranched alkanes of at least 4 members (excludes halogenated alkanes) is 2. The van der Waals surface area contributed by atoms with Crippen LogP contribution in [-0.4, -0.2) is 55.2 Å². The van der Waals surface area contributed by atoms with Gasteiger partial charge in [-0.1, -0.05) is 44.0 Å². The topological polar surface area (TPSA) is 35.5 Å². The lowest BCUT2D eigenvalue weighted by atomic mass is 9.93. The number of hydrogen-bond donors (Lipinski definition) is 0. The lowest BCUT2D eigenvalue weighted by Crippen LogP contribution is -2.68. The van der Waals surface area contributed by atoms with Crippen molar-refractivity contribution in [1.82, 2.24) is 0 Å². The quantitative estimate of drug-likeness (QED) is 0.115. The zero-order valence-electron chi connectivity index (χ0n) is 21.2. The first kappa shape index (κ1) is 34.1. The summed E-state index contributed by atoms with van der Waals surface area (Å²) in [4.78, 5) is 12.1. The van der Waals surface area contributed by atoms with Gasteiger partial charge in [0.25, 0.3) is 0 Å². The third kappa shape index (κ3) is 7.03. The number of rotatable bonds is 15. The van der Waals surface area contributed by atoms with E-state index >= 15 is 0 Å². The Labute approximate surface area is 226 Å². The molecule has 3 nitrogen and oxygen atoms in total. The molecule has 0 spiro atoms. The average molecular weight is 612 g/mol. The van der Waals surface area contributed by atoms with Crippen LogP contribution in [0.4, 0.5) is 52.7 Å². The number of alkyl halides is 12. The standard InChI is InChI=1S/C26H24F12O3/c1-2-3-4-14-40-19-11-9-17(10-12-19)16-5-7-18(8-6-16)20(39)41-15-13-22(29,30)24(33,34)26(37,38)25(35,36)23(31,32)21(27)28/h5-12,21H,2-4,13-15H2,1H3. The Morgan fingerprint density at radius 2 is 1.22 bits per heavy atom. The molecular weight excluding hydrogens is 588 g/mol. The van der Waals surface area contributed by atoms with Crippen molar-refractivity contribution >= 4 is 5.97 Å². The van der Waals surface area contributed by atoms with E-state index in [4.69, 9.17) is 4.74 Å². The fourth-order valence-electron chi connectivity index (χ4n) is 3.37. The Bertz CT molecular complexity index is 1130. The van der Waals surface area contributed by atoms with Gasteiger partial charge >= 0.3 is 42.0 Å². The second kappa shape index (κ2) is 12.8. The van der Waals surface area contributed by atoms with Gasteiger partial charge < -0.3 is 9.47 Å². The Kier molecular flexibility index (Phi) is 10.6. The third-order valence-corrected chi connectivity index (χ3v) is 5.91. The molecule has 0 N–H and O–H groups in total. The van der Waals surface area contributed by atoms with Gasteiger partial charge in [-0.15, -0.1) is 0 Å². The number of halogens is 12. The first-order chi connectivity index (χ1) is 18.8. The number of ether oxygens (including phenoxy) is 2. The van der Waals surface area contributed by atoms with Crippen LogP contribution < -0.4 is 4.74 Å². The molecule has 0 aliphatic rings. The average Bonchev–Trinajstić information content (AvgIpc) is 2.91. The molecule has 0 saturated carbocycles. The van der Waals surface area contributed by atoms with Gasteiger partial charge in [0, 0.05) is 0 Å². The summed E-state index contributed by atoms with van der Waals surface area (Å²) >= 11 is 0. The van der Waals surface area contributed by atoms with E-state index in [9.17, 15) is 57.5 Å². The normalized spacial score (nSPS) is 13.4. The van der Waals surface area contributed by atoms with Crippen molar-refractivity contribution in [2.75, 3.05) is 13.2 Å². The van der Waals surface area contributed by atoms with E-state index in [1.165, 1.54) is 12.1 Å². The summed E-state index contributed by atoms with van der Waals surface area (Å²) in [5.74, 6) is -36.5. The van der Waals surface area contributed by atoms with Crippen LogP contribution in [-0.2, 0) is 4.74 Å². The molecule has 41 heavy (non-hydrogen) atoms. The first-order valence-corrected chi connectivity index (χ1v) is 12.0. The number of carbonyl (C=O) groups is 1. The molecule has 230 valence electrons. The third-order valence-electron chi connectivity index (χ3n) is 5.91. The Morgan fingerprint density at radius 3 is 1.71 bits per heavy atom. The van der Waals surface area contributed by atoms with Crippen LogP contribution in [0.15, 0.2) is 48.5 Å². The fourth-order valence-corrected chi connectivity index (χ4v) is 3.37. The molecule has 0 heterocycles. The minimum atomic E-state index is -7.62. The maximum absolute atomic E-state index is 13.8. The summed E-state index contributed by atoms with van der Waals surface area (Å²) in [5.41, 5.74) is 0.963. The van der Waals surface area contributed by atoms with E-state index in [0.29, 0.717) is 23.5 Å². The molecule has 2 aromatic carbocycles. The summed E-state index contributed by atoms with van der Waals surface area (Å²) in [6, 6.07) is 11.9. The minimum Gasteiger partial charge on any atom is -0.494 e. The van der Waals surface area contributed by atoms with Crippen molar-refractivity contribution < 1.29 is 67.0 Å². The van der Waals surface area contributed by atoms with Crippen molar-refractivity contribution in [3.63, 3.8) is 0 Å². The Morgan fingerprint density at radius 1 is 0.707 bits per heavy atom. The lowest BCUT2D eigenvalue weighted by Gasteiger charge is -2.39. The van der Waals surface area contributed by atoms with Gasteiger partial charge in [-0.2, -0.15) is 43.9 Å². The largest absolute Gasteiger partial charge is 0.494 e. The summed E-state index contributed by atoms with van der Waals surface area (Å²) in [7, 11) is 0. The predicted molar refractivity (Wildman–Crippen MR) is 123 cm³/mol. The van der Waals surface area contributed by atoms with Gasteiger partial charge in [-0.3, -0.25) is 0 Å². The minimum absolute atomic E-state index is 0.298. The van der Waals surface area contributed by atoms with Gasteiger partial charge in [-0.25, -0.2) is 13.6 Å². The molecular formula is C26H24F12O3. The van der Waals surface area contributed by atoms with Gasteiger partial charge in [0.05, 0.1) is 25.2 Å². The predicted octanol–water partition coefficient (Wildman–Crippen LogP) is 8.91.